The summed E-state index contributed by atoms with van der Waals surface area (Å²) >= 11 is 0. The first kappa shape index (κ1) is 15.0. The van der Waals surface area contributed by atoms with Gasteiger partial charge in [0.1, 0.15) is 0 Å². The summed E-state index contributed by atoms with van der Waals surface area (Å²) in [5, 5.41) is 11.4. The van der Waals surface area contributed by atoms with Gasteiger partial charge in [-0.3, -0.25) is 4.79 Å². The molecule has 0 saturated carbocycles. The Labute approximate surface area is 113 Å². The number of hydrogen-bond donors (Lipinski definition) is 2. The van der Waals surface area contributed by atoms with Crippen molar-refractivity contribution in [2.75, 3.05) is 6.54 Å². The number of rotatable bonds is 7. The molecule has 0 unspecified atom stereocenters. The van der Waals surface area contributed by atoms with Crippen molar-refractivity contribution in [1.29, 1.82) is 0 Å². The molecular formula is C15H19NO3. The Kier molecular flexibility index (Phi) is 6.36. The molecule has 1 rings (SSSR count). The molecule has 4 nitrogen and oxygen atoms in total. The lowest BCUT2D eigenvalue weighted by Gasteiger charge is -2.04. The third kappa shape index (κ3) is 5.86. The number of unbranched alkanes of at least 4 members (excludes halogenated alkanes) is 2. The second-order valence-electron chi connectivity index (χ2n) is 4.26. The summed E-state index contributed by atoms with van der Waals surface area (Å²) in [4.78, 5) is 22.1. The predicted octanol–water partition coefficient (Wildman–Crippen LogP) is 2.70. The van der Waals surface area contributed by atoms with Crippen LogP contribution in [-0.4, -0.2) is 23.5 Å². The van der Waals surface area contributed by atoms with Gasteiger partial charge >= 0.3 is 5.97 Å². The van der Waals surface area contributed by atoms with Gasteiger partial charge < -0.3 is 10.4 Å². The average Bonchev–Trinajstić information content (AvgIpc) is 2.41. The monoisotopic (exact) mass is 261 g/mol. The van der Waals surface area contributed by atoms with Crippen LogP contribution < -0.4 is 5.32 Å². The van der Waals surface area contributed by atoms with Gasteiger partial charge in [0, 0.05) is 18.2 Å². The Balaban J connectivity index is 2.51. The van der Waals surface area contributed by atoms with E-state index in [0.29, 0.717) is 12.1 Å². The molecule has 0 bridgehead atoms. The van der Waals surface area contributed by atoms with Crippen molar-refractivity contribution in [1.82, 2.24) is 5.32 Å². The van der Waals surface area contributed by atoms with Crippen LogP contribution in [-0.2, 0) is 4.79 Å². The van der Waals surface area contributed by atoms with E-state index in [0.717, 1.165) is 30.9 Å². The second kappa shape index (κ2) is 8.08. The molecule has 1 aromatic carbocycles. The highest BCUT2D eigenvalue weighted by Gasteiger charge is 2.03. The molecule has 0 radical (unpaired) electrons. The van der Waals surface area contributed by atoms with Crippen molar-refractivity contribution in [3.05, 3.63) is 41.5 Å². The molecule has 19 heavy (non-hydrogen) atoms. The molecule has 0 saturated heterocycles. The highest BCUT2D eigenvalue weighted by Crippen LogP contribution is 2.06. The minimum atomic E-state index is -0.988. The van der Waals surface area contributed by atoms with Crippen LogP contribution in [0.2, 0.25) is 0 Å². The number of carbonyl (C=O) groups excluding carboxylic acids is 1. The molecule has 0 aromatic heterocycles. The van der Waals surface area contributed by atoms with Crippen molar-refractivity contribution in [2.45, 2.75) is 26.2 Å². The van der Waals surface area contributed by atoms with Gasteiger partial charge in [-0.2, -0.15) is 0 Å². The zero-order chi connectivity index (χ0) is 14.1. The topological polar surface area (TPSA) is 66.4 Å². The van der Waals surface area contributed by atoms with Crippen LogP contribution in [0.1, 0.15) is 42.1 Å². The number of benzene rings is 1. The smallest absolute Gasteiger partial charge is 0.328 e. The van der Waals surface area contributed by atoms with Crippen molar-refractivity contribution in [3.63, 3.8) is 0 Å². The molecule has 0 aliphatic rings. The van der Waals surface area contributed by atoms with Crippen LogP contribution >= 0.6 is 0 Å². The van der Waals surface area contributed by atoms with Crippen LogP contribution in [0.3, 0.4) is 0 Å². The summed E-state index contributed by atoms with van der Waals surface area (Å²) in [6.45, 7) is 2.80. The standard InChI is InChI=1S/C15H19NO3/c1-2-3-4-11-16-15(19)13-8-5-12(6-9-13)7-10-14(17)18/h5-10H,2-4,11H2,1H3,(H,16,19)(H,17,18). The molecule has 1 aromatic rings. The third-order valence-corrected chi connectivity index (χ3v) is 2.66. The predicted molar refractivity (Wildman–Crippen MR) is 75.0 cm³/mol. The first-order chi connectivity index (χ1) is 9.13. The number of carboxylic acid groups (broad SMARTS) is 1. The van der Waals surface area contributed by atoms with E-state index in [-0.39, 0.29) is 5.91 Å². The molecule has 0 aliphatic carbocycles. The Hall–Kier alpha value is -2.10. The van der Waals surface area contributed by atoms with E-state index in [1.807, 2.05) is 0 Å². The van der Waals surface area contributed by atoms with Gasteiger partial charge in [0.15, 0.2) is 0 Å². The van der Waals surface area contributed by atoms with Gasteiger partial charge in [-0.1, -0.05) is 31.9 Å². The summed E-state index contributed by atoms with van der Waals surface area (Å²) in [5.41, 5.74) is 1.34. The van der Waals surface area contributed by atoms with Crippen LogP contribution in [0.4, 0.5) is 0 Å². The Morgan fingerprint density at radius 1 is 1.21 bits per heavy atom. The van der Waals surface area contributed by atoms with Gasteiger partial charge in [-0.15, -0.1) is 0 Å². The van der Waals surface area contributed by atoms with E-state index >= 15 is 0 Å². The number of carboxylic acids is 1. The van der Waals surface area contributed by atoms with Crippen LogP contribution in [0, 0.1) is 0 Å². The van der Waals surface area contributed by atoms with Gasteiger partial charge in [0.2, 0.25) is 0 Å². The van der Waals surface area contributed by atoms with Gasteiger partial charge in [-0.25, -0.2) is 4.79 Å². The summed E-state index contributed by atoms with van der Waals surface area (Å²) in [5.74, 6) is -1.08. The van der Waals surface area contributed by atoms with Crippen molar-refractivity contribution < 1.29 is 14.7 Å². The van der Waals surface area contributed by atoms with Gasteiger partial charge in [-0.05, 0) is 30.2 Å². The van der Waals surface area contributed by atoms with Crippen molar-refractivity contribution in [3.8, 4) is 0 Å². The van der Waals surface area contributed by atoms with E-state index in [2.05, 4.69) is 12.2 Å². The quantitative estimate of drug-likeness (QED) is 0.586. The van der Waals surface area contributed by atoms with Gasteiger partial charge in [0.25, 0.3) is 5.91 Å². The molecule has 0 aliphatic heterocycles. The molecule has 0 heterocycles. The number of amides is 1. The molecule has 2 N–H and O–H groups in total. The maximum atomic E-state index is 11.8. The molecule has 0 fully saturated rings. The Morgan fingerprint density at radius 3 is 2.47 bits per heavy atom. The van der Waals surface area contributed by atoms with Crippen molar-refractivity contribution in [2.24, 2.45) is 0 Å². The summed E-state index contributed by atoms with van der Waals surface area (Å²) in [7, 11) is 0. The number of aliphatic carboxylic acids is 1. The fourth-order valence-electron chi connectivity index (χ4n) is 1.59. The minimum Gasteiger partial charge on any atom is -0.478 e. The van der Waals surface area contributed by atoms with Crippen LogP contribution in [0.15, 0.2) is 30.3 Å². The largest absolute Gasteiger partial charge is 0.478 e. The lowest BCUT2D eigenvalue weighted by atomic mass is 10.1. The lowest BCUT2D eigenvalue weighted by molar-refractivity contribution is -0.131. The highest BCUT2D eigenvalue weighted by atomic mass is 16.4. The normalized spacial score (nSPS) is 10.6. The van der Waals surface area contributed by atoms with E-state index < -0.39 is 5.97 Å². The molecule has 4 heteroatoms. The SMILES string of the molecule is CCCCCNC(=O)c1ccc(C=CC(=O)O)cc1. The van der Waals surface area contributed by atoms with Crippen LogP contribution in [0.5, 0.6) is 0 Å². The average molecular weight is 261 g/mol. The molecular weight excluding hydrogens is 242 g/mol. The first-order valence-corrected chi connectivity index (χ1v) is 6.42. The zero-order valence-electron chi connectivity index (χ0n) is 11.1. The second-order valence-corrected chi connectivity index (χ2v) is 4.26. The van der Waals surface area contributed by atoms with E-state index in [4.69, 9.17) is 5.11 Å². The number of carbonyl (C=O) groups is 2. The van der Waals surface area contributed by atoms with Crippen molar-refractivity contribution >= 4 is 18.0 Å². The Morgan fingerprint density at radius 2 is 1.89 bits per heavy atom. The van der Waals surface area contributed by atoms with Gasteiger partial charge in [0.05, 0.1) is 0 Å². The molecule has 0 spiro atoms. The maximum Gasteiger partial charge on any atom is 0.328 e. The lowest BCUT2D eigenvalue weighted by Crippen LogP contribution is -2.24. The van der Waals surface area contributed by atoms with E-state index in [1.54, 1.807) is 24.3 Å². The fourth-order valence-corrected chi connectivity index (χ4v) is 1.59. The third-order valence-electron chi connectivity index (χ3n) is 2.66. The molecule has 0 atom stereocenters. The summed E-state index contributed by atoms with van der Waals surface area (Å²) < 4.78 is 0. The maximum absolute atomic E-state index is 11.8. The number of nitrogens with one attached hydrogen (secondary N) is 1. The zero-order valence-corrected chi connectivity index (χ0v) is 11.1. The molecule has 102 valence electrons. The van der Waals surface area contributed by atoms with E-state index in [9.17, 15) is 9.59 Å². The minimum absolute atomic E-state index is 0.0927. The fraction of sp³-hybridized carbons (Fsp3) is 0.333. The Bertz CT molecular complexity index is 449. The highest BCUT2D eigenvalue weighted by molar-refractivity contribution is 5.94. The summed E-state index contributed by atoms with van der Waals surface area (Å²) in [6.07, 6.45) is 5.78. The number of hydrogen-bond acceptors (Lipinski definition) is 2. The molecule has 1 amide bonds. The van der Waals surface area contributed by atoms with E-state index in [1.165, 1.54) is 6.08 Å². The summed E-state index contributed by atoms with van der Waals surface area (Å²) in [6, 6.07) is 6.83. The van der Waals surface area contributed by atoms with Crippen LogP contribution in [0.25, 0.3) is 6.08 Å². The first-order valence-electron chi connectivity index (χ1n) is 6.42.